The Morgan fingerprint density at radius 1 is 1.21 bits per heavy atom. The van der Waals surface area contributed by atoms with E-state index in [1.54, 1.807) is 12.1 Å². The van der Waals surface area contributed by atoms with Crippen LogP contribution in [-0.2, 0) is 29.0 Å². The molecule has 42 heavy (non-hydrogen) atoms. The van der Waals surface area contributed by atoms with Crippen molar-refractivity contribution in [3.8, 4) is 11.5 Å². The second-order valence-electron chi connectivity index (χ2n) is 12.6. The lowest BCUT2D eigenvalue weighted by atomic mass is 9.70. The van der Waals surface area contributed by atoms with Crippen LogP contribution >= 0.6 is 0 Å². The molecule has 0 radical (unpaired) electrons. The van der Waals surface area contributed by atoms with E-state index in [-0.39, 0.29) is 46.4 Å². The van der Waals surface area contributed by atoms with Crippen LogP contribution in [0.2, 0.25) is 0 Å². The van der Waals surface area contributed by atoms with E-state index in [1.807, 2.05) is 0 Å². The Morgan fingerprint density at radius 3 is 2.57 bits per heavy atom. The number of hydrogen-bond acceptors (Lipinski definition) is 8. The van der Waals surface area contributed by atoms with E-state index in [0.717, 1.165) is 19.3 Å². The van der Waals surface area contributed by atoms with Crippen molar-refractivity contribution in [1.82, 2.24) is 10.2 Å². The average molecular weight is 605 g/mol. The fourth-order valence-electron chi connectivity index (χ4n) is 6.89. The minimum absolute atomic E-state index is 0.0427. The Morgan fingerprint density at radius 2 is 1.95 bits per heavy atom. The van der Waals surface area contributed by atoms with Gasteiger partial charge in [-0.2, -0.15) is 0 Å². The lowest BCUT2D eigenvalue weighted by Gasteiger charge is -2.39. The number of aromatic hydroxyl groups is 1. The molecule has 2 aliphatic carbocycles. The van der Waals surface area contributed by atoms with Crippen molar-refractivity contribution in [2.75, 3.05) is 25.2 Å². The second kappa shape index (κ2) is 12.3. The summed E-state index contributed by atoms with van der Waals surface area (Å²) in [4.78, 5) is 41.6. The molecule has 0 spiro atoms. The molecule has 1 aromatic carbocycles. The van der Waals surface area contributed by atoms with Crippen molar-refractivity contribution in [3.63, 3.8) is 0 Å². The highest BCUT2D eigenvalue weighted by molar-refractivity contribution is 7.91. The third kappa shape index (κ3) is 6.31. The van der Waals surface area contributed by atoms with Gasteiger partial charge in [0.1, 0.15) is 28.0 Å². The summed E-state index contributed by atoms with van der Waals surface area (Å²) in [6.45, 7) is 8.54. The lowest BCUT2D eigenvalue weighted by molar-refractivity contribution is -0.165. The van der Waals surface area contributed by atoms with Gasteiger partial charge in [0.25, 0.3) is 0 Å². The Labute approximate surface area is 248 Å². The van der Waals surface area contributed by atoms with Gasteiger partial charge in [0.2, 0.25) is 11.8 Å². The smallest absolute Gasteiger partial charge is 0.329 e. The van der Waals surface area contributed by atoms with Gasteiger partial charge in [0.15, 0.2) is 11.5 Å². The van der Waals surface area contributed by atoms with Gasteiger partial charge in [-0.25, -0.2) is 13.2 Å². The Hall–Kier alpha value is -3.08. The third-order valence-electron chi connectivity index (χ3n) is 10.2. The first kappa shape index (κ1) is 31.8. The molecule has 0 aromatic heterocycles. The number of methoxy groups -OCH3 is 1. The largest absolute Gasteiger partial charge is 0.504 e. The first-order valence-corrected chi connectivity index (χ1v) is 16.6. The highest BCUT2D eigenvalue weighted by Gasteiger charge is 2.63. The first-order chi connectivity index (χ1) is 19.7. The summed E-state index contributed by atoms with van der Waals surface area (Å²) in [5.74, 6) is -1.18. The van der Waals surface area contributed by atoms with Crippen LogP contribution in [0.3, 0.4) is 0 Å². The van der Waals surface area contributed by atoms with E-state index in [9.17, 15) is 27.9 Å². The molecule has 5 atom stereocenters. The van der Waals surface area contributed by atoms with Crippen LogP contribution in [0.15, 0.2) is 24.3 Å². The predicted molar refractivity (Wildman–Crippen MR) is 158 cm³/mol. The van der Waals surface area contributed by atoms with Crippen LogP contribution in [0.4, 0.5) is 0 Å². The summed E-state index contributed by atoms with van der Waals surface area (Å²) in [6, 6.07) is 2.67. The molecule has 2 saturated carbocycles. The molecule has 3 aliphatic rings. The fraction of sp³-hybridized carbons (Fsp3) is 0.645. The summed E-state index contributed by atoms with van der Waals surface area (Å²) in [6.07, 6.45) is 6.42. The van der Waals surface area contributed by atoms with Gasteiger partial charge in [-0.05, 0) is 73.6 Å². The van der Waals surface area contributed by atoms with Crippen LogP contribution in [0.25, 0.3) is 6.08 Å². The van der Waals surface area contributed by atoms with Gasteiger partial charge in [-0.1, -0.05) is 33.8 Å². The van der Waals surface area contributed by atoms with Crippen LogP contribution in [0.1, 0.15) is 71.8 Å². The molecular weight excluding hydrogens is 560 g/mol. The van der Waals surface area contributed by atoms with Crippen molar-refractivity contribution in [2.24, 2.45) is 16.7 Å². The monoisotopic (exact) mass is 604 g/mol. The molecule has 3 fully saturated rings. The summed E-state index contributed by atoms with van der Waals surface area (Å²) < 4.78 is 35.8. The van der Waals surface area contributed by atoms with Crippen LogP contribution < -0.4 is 10.1 Å². The highest BCUT2D eigenvalue weighted by Crippen LogP contribution is 2.66. The SMILES string of the molecule is CCS(=O)(=O)CCC(NC(=O)/C=C/c1ccc(O)c(OC)c1)C(=O)N1CCCC1C(=O)OC1CC2CCC1(C)C2(C)C. The van der Waals surface area contributed by atoms with E-state index in [4.69, 9.17) is 9.47 Å². The predicted octanol–water partition coefficient (Wildman–Crippen LogP) is 3.47. The van der Waals surface area contributed by atoms with Gasteiger partial charge in [-0.15, -0.1) is 0 Å². The Kier molecular flexibility index (Phi) is 9.30. The standard InChI is InChI=1S/C31H44N2O8S/c1-6-42(38,39)17-14-22(32-27(35)12-10-20-9-11-24(34)25(18-20)40-5)28(36)33-16-7-8-23(33)29(37)41-26-19-21-13-15-31(26,4)30(21,2)3/h9-12,18,21-23,26,34H,6-8,13-17,19H2,1-5H3,(H,32,35)/b12-10+. The van der Waals surface area contributed by atoms with Crippen LogP contribution in [0, 0.1) is 16.7 Å². The van der Waals surface area contributed by atoms with Crippen molar-refractivity contribution >= 4 is 33.7 Å². The minimum Gasteiger partial charge on any atom is -0.504 e. The number of rotatable bonds is 11. The maximum Gasteiger partial charge on any atom is 0.329 e. The van der Waals surface area contributed by atoms with Crippen molar-refractivity contribution < 1.29 is 37.4 Å². The van der Waals surface area contributed by atoms with Gasteiger partial charge in [0, 0.05) is 23.8 Å². The van der Waals surface area contributed by atoms with Gasteiger partial charge >= 0.3 is 5.97 Å². The van der Waals surface area contributed by atoms with E-state index in [2.05, 4.69) is 26.1 Å². The maximum absolute atomic E-state index is 13.8. The average Bonchev–Trinajstić information content (AvgIpc) is 3.58. The number of benzene rings is 1. The number of amides is 2. The number of sulfone groups is 1. The quantitative estimate of drug-likeness (QED) is 0.289. The van der Waals surface area contributed by atoms with Crippen molar-refractivity contribution in [2.45, 2.75) is 84.4 Å². The summed E-state index contributed by atoms with van der Waals surface area (Å²) in [5, 5.41) is 12.4. The number of phenols is 1. The number of phenolic OH excluding ortho intramolecular Hbond substituents is 1. The first-order valence-electron chi connectivity index (χ1n) is 14.8. The minimum atomic E-state index is -3.41. The zero-order valence-electron chi connectivity index (χ0n) is 25.2. The molecule has 2 N–H and O–H groups in total. The molecule has 232 valence electrons. The van der Waals surface area contributed by atoms with Crippen molar-refractivity contribution in [1.29, 1.82) is 0 Å². The van der Waals surface area contributed by atoms with Crippen molar-refractivity contribution in [3.05, 3.63) is 29.8 Å². The van der Waals surface area contributed by atoms with E-state index >= 15 is 0 Å². The number of fused-ring (bicyclic) bond motifs is 2. The lowest BCUT2D eigenvalue weighted by Crippen LogP contribution is -2.53. The summed E-state index contributed by atoms with van der Waals surface area (Å²) in [7, 11) is -2.00. The van der Waals surface area contributed by atoms with E-state index in [0.29, 0.717) is 30.9 Å². The Bertz CT molecular complexity index is 1340. The molecule has 2 bridgehead atoms. The normalized spacial score (nSPS) is 27.3. The molecule has 1 aromatic rings. The molecule has 1 aliphatic heterocycles. The molecule has 1 heterocycles. The summed E-state index contributed by atoms with van der Waals surface area (Å²) in [5.41, 5.74) is 0.540. The molecule has 5 unspecified atom stereocenters. The topological polar surface area (TPSA) is 139 Å². The Balaban J connectivity index is 1.47. The zero-order chi connectivity index (χ0) is 30.9. The molecule has 11 heteroatoms. The van der Waals surface area contributed by atoms with Gasteiger partial charge < -0.3 is 24.8 Å². The third-order valence-corrected chi connectivity index (χ3v) is 11.9. The number of ether oxygens (including phenoxy) is 2. The molecule has 2 amide bonds. The number of carbonyl (C=O) groups is 3. The number of nitrogens with zero attached hydrogens (tertiary/aromatic N) is 1. The van der Waals surface area contributed by atoms with E-state index < -0.39 is 39.7 Å². The molecule has 10 nitrogen and oxygen atoms in total. The highest BCUT2D eigenvalue weighted by atomic mass is 32.2. The number of nitrogens with one attached hydrogen (secondary N) is 1. The van der Waals surface area contributed by atoms with E-state index in [1.165, 1.54) is 37.2 Å². The van der Waals surface area contributed by atoms with Crippen LogP contribution in [0.5, 0.6) is 11.5 Å². The maximum atomic E-state index is 13.8. The number of carbonyl (C=O) groups excluding carboxylic acids is 3. The van der Waals surface area contributed by atoms with Crippen LogP contribution in [-0.4, -0.2) is 79.6 Å². The summed E-state index contributed by atoms with van der Waals surface area (Å²) >= 11 is 0. The molecular formula is C31H44N2O8S. The second-order valence-corrected chi connectivity index (χ2v) is 15.0. The zero-order valence-corrected chi connectivity index (χ0v) is 26.0. The fourth-order valence-corrected chi connectivity index (χ4v) is 7.78. The molecule has 1 saturated heterocycles. The number of hydrogen-bond donors (Lipinski definition) is 2. The molecule has 4 rings (SSSR count). The number of esters is 1. The van der Waals surface area contributed by atoms with Gasteiger partial charge in [-0.3, -0.25) is 9.59 Å². The van der Waals surface area contributed by atoms with Gasteiger partial charge in [0.05, 0.1) is 12.9 Å². The number of likely N-dealkylation sites (tertiary alicyclic amines) is 1.